The molecule has 144 valence electrons. The number of methoxy groups -OCH3 is 1. The number of esters is 1. The van der Waals surface area contributed by atoms with Gasteiger partial charge in [0.05, 0.1) is 13.0 Å². The van der Waals surface area contributed by atoms with E-state index in [9.17, 15) is 4.79 Å². The maximum Gasteiger partial charge on any atom is 0.312 e. The van der Waals surface area contributed by atoms with Crippen molar-refractivity contribution < 1.29 is 9.53 Å². The first-order valence-electron chi connectivity index (χ1n) is 9.67. The molecular weight excluding hydrogens is 326 g/mol. The number of guanidine groups is 1. The summed E-state index contributed by atoms with van der Waals surface area (Å²) < 4.78 is 5.12. The van der Waals surface area contributed by atoms with Gasteiger partial charge in [-0.15, -0.1) is 0 Å². The Morgan fingerprint density at radius 2 is 2.00 bits per heavy atom. The molecule has 0 aromatic heterocycles. The van der Waals surface area contributed by atoms with Crippen molar-refractivity contribution in [1.82, 2.24) is 10.2 Å². The Hall–Kier alpha value is -2.04. The zero-order valence-electron chi connectivity index (χ0n) is 16.7. The Labute approximate surface area is 157 Å². The second-order valence-corrected chi connectivity index (χ2v) is 7.41. The second-order valence-electron chi connectivity index (χ2n) is 7.41. The van der Waals surface area contributed by atoms with E-state index in [0.717, 1.165) is 31.9 Å². The average Bonchev–Trinajstić information content (AvgIpc) is 2.64. The lowest BCUT2D eigenvalue weighted by Gasteiger charge is -2.45. The predicted octanol–water partition coefficient (Wildman–Crippen LogP) is 3.10. The normalized spacial score (nSPS) is 24.6. The smallest absolute Gasteiger partial charge is 0.312 e. The molecule has 3 atom stereocenters. The standard InChI is InChI=1S/C21H33N3O2/c1-6-24-16(4)19(20(25)26-5)18(23-21(24)22-14-15(2)3)13-12-17-10-8-7-9-11-17/h7-11,15-16,18-19H,6,12-14H2,1-5H3,(H,22,23)/t16-,18+,19-/m1/s1. The van der Waals surface area contributed by atoms with Crippen molar-refractivity contribution in [2.45, 2.75) is 52.6 Å². The second kappa shape index (κ2) is 9.60. The van der Waals surface area contributed by atoms with Crippen LogP contribution in [-0.2, 0) is 16.0 Å². The molecule has 26 heavy (non-hydrogen) atoms. The molecule has 1 aromatic carbocycles. The van der Waals surface area contributed by atoms with Gasteiger partial charge >= 0.3 is 5.97 Å². The van der Waals surface area contributed by atoms with Gasteiger partial charge in [0.2, 0.25) is 0 Å². The van der Waals surface area contributed by atoms with Crippen molar-refractivity contribution in [2.24, 2.45) is 16.8 Å². The van der Waals surface area contributed by atoms with Gasteiger partial charge in [-0.05, 0) is 38.2 Å². The SMILES string of the molecule is CCN1C(=NCC(C)C)N[C@@H](CCc2ccccc2)[C@H](C(=O)OC)[C@H]1C. The van der Waals surface area contributed by atoms with Crippen molar-refractivity contribution in [3.8, 4) is 0 Å². The van der Waals surface area contributed by atoms with E-state index in [0.29, 0.717) is 5.92 Å². The molecule has 0 unspecified atom stereocenters. The number of aryl methyl sites for hydroxylation is 1. The van der Waals surface area contributed by atoms with Crippen LogP contribution in [0.1, 0.15) is 39.7 Å². The van der Waals surface area contributed by atoms with Crippen LogP contribution in [0.5, 0.6) is 0 Å². The lowest BCUT2D eigenvalue weighted by atomic mass is 9.85. The largest absolute Gasteiger partial charge is 0.469 e. The van der Waals surface area contributed by atoms with E-state index in [4.69, 9.17) is 9.73 Å². The zero-order chi connectivity index (χ0) is 19.1. The van der Waals surface area contributed by atoms with Gasteiger partial charge in [-0.2, -0.15) is 0 Å². The number of carbonyl (C=O) groups is 1. The highest BCUT2D eigenvalue weighted by Crippen LogP contribution is 2.25. The van der Waals surface area contributed by atoms with E-state index in [-0.39, 0.29) is 24.0 Å². The quantitative estimate of drug-likeness (QED) is 0.760. The van der Waals surface area contributed by atoms with Gasteiger partial charge in [0, 0.05) is 25.2 Å². The molecule has 0 aliphatic carbocycles. The van der Waals surface area contributed by atoms with Crippen LogP contribution in [0.15, 0.2) is 35.3 Å². The molecule has 0 amide bonds. The van der Waals surface area contributed by atoms with E-state index < -0.39 is 0 Å². The van der Waals surface area contributed by atoms with Gasteiger partial charge in [-0.1, -0.05) is 44.2 Å². The molecule has 1 aromatic rings. The summed E-state index contributed by atoms with van der Waals surface area (Å²) in [5.41, 5.74) is 1.28. The third-order valence-electron chi connectivity index (χ3n) is 5.04. The van der Waals surface area contributed by atoms with E-state index >= 15 is 0 Å². The maximum atomic E-state index is 12.5. The molecule has 5 heteroatoms. The van der Waals surface area contributed by atoms with Gasteiger partial charge in [-0.3, -0.25) is 9.79 Å². The molecule has 1 fully saturated rings. The summed E-state index contributed by atoms with van der Waals surface area (Å²) in [6.45, 7) is 10.1. The minimum atomic E-state index is -0.207. The molecule has 1 aliphatic rings. The Kier molecular flexibility index (Phi) is 7.49. The summed E-state index contributed by atoms with van der Waals surface area (Å²) in [5.74, 6) is 1.05. The van der Waals surface area contributed by atoms with Crippen LogP contribution in [-0.4, -0.2) is 49.1 Å². The number of rotatable bonds is 7. The maximum absolute atomic E-state index is 12.5. The fourth-order valence-corrected chi connectivity index (χ4v) is 3.62. The van der Waals surface area contributed by atoms with Crippen LogP contribution in [0.25, 0.3) is 0 Å². The number of carbonyl (C=O) groups excluding carboxylic acids is 1. The van der Waals surface area contributed by atoms with Crippen molar-refractivity contribution >= 4 is 11.9 Å². The summed E-state index contributed by atoms with van der Waals surface area (Å²) in [5, 5.41) is 3.55. The number of nitrogens with zero attached hydrogens (tertiary/aromatic N) is 2. The number of benzene rings is 1. The van der Waals surface area contributed by atoms with Gasteiger partial charge in [0.15, 0.2) is 5.96 Å². The van der Waals surface area contributed by atoms with E-state index in [1.807, 2.05) is 6.07 Å². The molecule has 5 nitrogen and oxygen atoms in total. The molecule has 1 N–H and O–H groups in total. The van der Waals surface area contributed by atoms with Crippen molar-refractivity contribution in [3.05, 3.63) is 35.9 Å². The summed E-state index contributed by atoms with van der Waals surface area (Å²) in [7, 11) is 1.47. The first-order valence-corrected chi connectivity index (χ1v) is 9.67. The predicted molar refractivity (Wildman–Crippen MR) is 106 cm³/mol. The number of hydrogen-bond acceptors (Lipinski definition) is 3. The molecule has 1 aliphatic heterocycles. The first kappa shape index (κ1) is 20.3. The van der Waals surface area contributed by atoms with E-state index in [1.165, 1.54) is 12.7 Å². The fourth-order valence-electron chi connectivity index (χ4n) is 3.62. The summed E-state index contributed by atoms with van der Waals surface area (Å²) in [6, 6.07) is 10.5. The first-order chi connectivity index (χ1) is 12.5. The molecule has 1 saturated heterocycles. The van der Waals surface area contributed by atoms with Crippen LogP contribution in [0, 0.1) is 11.8 Å². The van der Waals surface area contributed by atoms with Crippen LogP contribution in [0.3, 0.4) is 0 Å². The molecule has 0 saturated carbocycles. The highest BCUT2D eigenvalue weighted by Gasteiger charge is 2.42. The lowest BCUT2D eigenvalue weighted by Crippen LogP contribution is -2.63. The van der Waals surface area contributed by atoms with Crippen LogP contribution < -0.4 is 5.32 Å². The minimum Gasteiger partial charge on any atom is -0.469 e. The third kappa shape index (κ3) is 4.99. The van der Waals surface area contributed by atoms with Crippen LogP contribution in [0.4, 0.5) is 0 Å². The van der Waals surface area contributed by atoms with Crippen molar-refractivity contribution in [2.75, 3.05) is 20.2 Å². The number of nitrogens with one attached hydrogen (secondary N) is 1. The Balaban J connectivity index is 2.22. The van der Waals surface area contributed by atoms with Crippen LogP contribution >= 0.6 is 0 Å². The van der Waals surface area contributed by atoms with Gasteiger partial charge < -0.3 is 15.0 Å². The number of ether oxygens (including phenoxy) is 1. The summed E-state index contributed by atoms with van der Waals surface area (Å²) in [4.78, 5) is 19.5. The van der Waals surface area contributed by atoms with Crippen molar-refractivity contribution in [3.63, 3.8) is 0 Å². The monoisotopic (exact) mass is 359 g/mol. The molecular formula is C21H33N3O2. The van der Waals surface area contributed by atoms with Crippen molar-refractivity contribution in [1.29, 1.82) is 0 Å². The number of hydrogen-bond donors (Lipinski definition) is 1. The summed E-state index contributed by atoms with van der Waals surface area (Å²) in [6.07, 6.45) is 1.79. The highest BCUT2D eigenvalue weighted by atomic mass is 16.5. The number of aliphatic imine (C=N–C) groups is 1. The van der Waals surface area contributed by atoms with Gasteiger partial charge in [-0.25, -0.2) is 0 Å². The Morgan fingerprint density at radius 3 is 2.58 bits per heavy atom. The minimum absolute atomic E-state index is 0.0198. The highest BCUT2D eigenvalue weighted by molar-refractivity contribution is 5.85. The molecule has 1 heterocycles. The molecule has 0 bridgehead atoms. The molecule has 0 spiro atoms. The zero-order valence-corrected chi connectivity index (χ0v) is 16.7. The third-order valence-corrected chi connectivity index (χ3v) is 5.04. The topological polar surface area (TPSA) is 53.9 Å². The molecule has 0 radical (unpaired) electrons. The fraction of sp³-hybridized carbons (Fsp3) is 0.619. The average molecular weight is 360 g/mol. The Morgan fingerprint density at radius 1 is 1.31 bits per heavy atom. The lowest BCUT2D eigenvalue weighted by molar-refractivity contribution is -0.149. The Bertz CT molecular complexity index is 601. The molecule has 2 rings (SSSR count). The van der Waals surface area contributed by atoms with Crippen LogP contribution in [0.2, 0.25) is 0 Å². The van der Waals surface area contributed by atoms with E-state index in [2.05, 4.69) is 62.2 Å². The van der Waals surface area contributed by atoms with E-state index in [1.54, 1.807) is 0 Å². The van der Waals surface area contributed by atoms with Gasteiger partial charge in [0.25, 0.3) is 0 Å². The summed E-state index contributed by atoms with van der Waals surface area (Å²) >= 11 is 0. The van der Waals surface area contributed by atoms with Gasteiger partial charge in [0.1, 0.15) is 0 Å².